The van der Waals surface area contributed by atoms with Crippen LogP contribution in [0.25, 0.3) is 5.69 Å². The number of aryl methyl sites for hydroxylation is 2. The third-order valence-electron chi connectivity index (χ3n) is 4.40. The third kappa shape index (κ3) is 3.99. The van der Waals surface area contributed by atoms with E-state index in [1.54, 1.807) is 12.4 Å². The van der Waals surface area contributed by atoms with Crippen LogP contribution < -0.4 is 4.74 Å². The number of carbonyl (C=O) groups excluding carboxylic acids is 2. The first-order valence-corrected chi connectivity index (χ1v) is 9.83. The molecule has 6 nitrogen and oxygen atoms in total. The molecule has 3 aromatic rings. The molecule has 0 unspecified atom stereocenters. The SMILES string of the molecule is CCOc1ccc(-n2c(C)cc(C(=O)COC(=O)c3scnc3C)c2C)cc1. The summed E-state index contributed by atoms with van der Waals surface area (Å²) in [6.45, 7) is 7.80. The molecule has 0 aliphatic heterocycles. The molecule has 2 heterocycles. The van der Waals surface area contributed by atoms with Crippen LogP contribution in [0, 0.1) is 20.8 Å². The van der Waals surface area contributed by atoms with Gasteiger partial charge < -0.3 is 14.0 Å². The Morgan fingerprint density at radius 1 is 1.14 bits per heavy atom. The zero-order valence-corrected chi connectivity index (χ0v) is 17.1. The molecule has 1 aromatic carbocycles. The molecule has 0 aliphatic rings. The van der Waals surface area contributed by atoms with Crippen LogP contribution in [-0.4, -0.2) is 34.5 Å². The van der Waals surface area contributed by atoms with Crippen LogP contribution in [0.2, 0.25) is 0 Å². The lowest BCUT2D eigenvalue weighted by molar-refractivity contribution is 0.0478. The molecule has 0 N–H and O–H groups in total. The van der Waals surface area contributed by atoms with Gasteiger partial charge in [-0.1, -0.05) is 0 Å². The molecule has 0 saturated heterocycles. The number of hydrogen-bond donors (Lipinski definition) is 0. The fourth-order valence-corrected chi connectivity index (χ4v) is 3.77. The van der Waals surface area contributed by atoms with E-state index in [4.69, 9.17) is 9.47 Å². The van der Waals surface area contributed by atoms with Crippen LogP contribution in [-0.2, 0) is 4.74 Å². The van der Waals surface area contributed by atoms with Crippen molar-refractivity contribution < 1.29 is 19.1 Å². The Morgan fingerprint density at radius 2 is 1.86 bits per heavy atom. The summed E-state index contributed by atoms with van der Waals surface area (Å²) in [6, 6.07) is 9.52. The zero-order valence-electron chi connectivity index (χ0n) is 16.3. The average Bonchev–Trinajstić information content (AvgIpc) is 3.23. The number of esters is 1. The highest BCUT2D eigenvalue weighted by molar-refractivity contribution is 7.11. The van der Waals surface area contributed by atoms with Gasteiger partial charge in [-0.05, 0) is 58.0 Å². The van der Waals surface area contributed by atoms with E-state index >= 15 is 0 Å². The summed E-state index contributed by atoms with van der Waals surface area (Å²) in [7, 11) is 0. The first-order valence-electron chi connectivity index (χ1n) is 8.95. The van der Waals surface area contributed by atoms with Crippen molar-refractivity contribution in [2.24, 2.45) is 0 Å². The second-order valence-corrected chi connectivity index (χ2v) is 7.17. The topological polar surface area (TPSA) is 70.4 Å². The second-order valence-electron chi connectivity index (χ2n) is 6.31. The number of ether oxygens (including phenoxy) is 2. The van der Waals surface area contributed by atoms with Gasteiger partial charge in [-0.25, -0.2) is 9.78 Å². The van der Waals surface area contributed by atoms with E-state index in [9.17, 15) is 9.59 Å². The summed E-state index contributed by atoms with van der Waals surface area (Å²) in [5.74, 6) is 0.0461. The van der Waals surface area contributed by atoms with Gasteiger partial charge in [-0.3, -0.25) is 4.79 Å². The maximum atomic E-state index is 12.6. The summed E-state index contributed by atoms with van der Waals surface area (Å²) < 4.78 is 12.7. The number of nitrogens with zero attached hydrogens (tertiary/aromatic N) is 2. The van der Waals surface area contributed by atoms with E-state index < -0.39 is 5.97 Å². The largest absolute Gasteiger partial charge is 0.494 e. The monoisotopic (exact) mass is 398 g/mol. The Morgan fingerprint density at radius 3 is 2.46 bits per heavy atom. The molecule has 0 aliphatic carbocycles. The maximum absolute atomic E-state index is 12.6. The summed E-state index contributed by atoms with van der Waals surface area (Å²) >= 11 is 1.21. The Bertz CT molecular complexity index is 1000. The quantitative estimate of drug-likeness (QED) is 0.438. The lowest BCUT2D eigenvalue weighted by atomic mass is 10.1. The Labute approximate surface area is 167 Å². The number of thiazole rings is 1. The minimum atomic E-state index is -0.520. The molecule has 0 amide bonds. The molecule has 0 fully saturated rings. The highest BCUT2D eigenvalue weighted by atomic mass is 32.1. The van der Waals surface area contributed by atoms with E-state index in [1.807, 2.05) is 55.7 Å². The summed E-state index contributed by atoms with van der Waals surface area (Å²) in [5.41, 5.74) is 5.40. The Kier molecular flexibility index (Phi) is 5.94. The van der Waals surface area contributed by atoms with Crippen LogP contribution in [0.3, 0.4) is 0 Å². The number of ketones is 1. The third-order valence-corrected chi connectivity index (χ3v) is 5.31. The minimum absolute atomic E-state index is 0.235. The maximum Gasteiger partial charge on any atom is 0.350 e. The van der Waals surface area contributed by atoms with Crippen LogP contribution in [0.5, 0.6) is 5.75 Å². The van der Waals surface area contributed by atoms with Gasteiger partial charge in [0.2, 0.25) is 5.78 Å². The second kappa shape index (κ2) is 8.39. The molecule has 7 heteroatoms. The number of Topliss-reactive ketones (excluding diaryl/α,β-unsaturated/α-hetero) is 1. The van der Waals surface area contributed by atoms with Gasteiger partial charge in [-0.15, -0.1) is 11.3 Å². The van der Waals surface area contributed by atoms with Crippen molar-refractivity contribution >= 4 is 23.1 Å². The Hall–Kier alpha value is -2.93. The standard InChI is InChI=1S/C21H22N2O4S/c1-5-26-17-8-6-16(7-9-17)23-13(2)10-18(15(23)4)19(24)11-27-21(25)20-14(3)22-12-28-20/h6-10,12H,5,11H2,1-4H3. The molecular formula is C21H22N2O4S. The van der Waals surface area contributed by atoms with Gasteiger partial charge in [0.25, 0.3) is 0 Å². The smallest absolute Gasteiger partial charge is 0.350 e. The number of rotatable bonds is 7. The van der Waals surface area contributed by atoms with E-state index in [1.165, 1.54) is 11.3 Å². The number of carbonyl (C=O) groups is 2. The fourth-order valence-electron chi connectivity index (χ4n) is 3.07. The van der Waals surface area contributed by atoms with Crippen molar-refractivity contribution in [3.8, 4) is 11.4 Å². The van der Waals surface area contributed by atoms with Gasteiger partial charge in [0.1, 0.15) is 10.6 Å². The van der Waals surface area contributed by atoms with Crippen molar-refractivity contribution in [2.75, 3.05) is 13.2 Å². The van der Waals surface area contributed by atoms with Gasteiger partial charge in [-0.2, -0.15) is 0 Å². The fraction of sp³-hybridized carbons (Fsp3) is 0.286. The molecule has 0 atom stereocenters. The molecule has 146 valence electrons. The summed E-state index contributed by atoms with van der Waals surface area (Å²) in [6.07, 6.45) is 0. The molecular weight excluding hydrogens is 376 g/mol. The van der Waals surface area contributed by atoms with Crippen LogP contribution >= 0.6 is 11.3 Å². The summed E-state index contributed by atoms with van der Waals surface area (Å²) in [4.78, 5) is 29.2. The predicted molar refractivity (Wildman–Crippen MR) is 108 cm³/mol. The molecule has 2 aromatic heterocycles. The minimum Gasteiger partial charge on any atom is -0.494 e. The predicted octanol–water partition coefficient (Wildman–Crippen LogP) is 4.30. The van der Waals surface area contributed by atoms with E-state index in [-0.39, 0.29) is 12.4 Å². The zero-order chi connectivity index (χ0) is 20.3. The van der Waals surface area contributed by atoms with Crippen molar-refractivity contribution in [1.29, 1.82) is 0 Å². The molecule has 3 rings (SSSR count). The lowest BCUT2D eigenvalue weighted by Gasteiger charge is -2.11. The highest BCUT2D eigenvalue weighted by Gasteiger charge is 2.20. The van der Waals surface area contributed by atoms with E-state index in [0.717, 1.165) is 22.8 Å². The van der Waals surface area contributed by atoms with Gasteiger partial charge in [0.15, 0.2) is 6.61 Å². The molecule has 28 heavy (non-hydrogen) atoms. The van der Waals surface area contributed by atoms with Crippen molar-refractivity contribution in [3.63, 3.8) is 0 Å². The van der Waals surface area contributed by atoms with Crippen LogP contribution in [0.4, 0.5) is 0 Å². The van der Waals surface area contributed by atoms with Gasteiger partial charge in [0.05, 0.1) is 17.8 Å². The molecule has 0 saturated carbocycles. The summed E-state index contributed by atoms with van der Waals surface area (Å²) in [5, 5.41) is 0. The van der Waals surface area contributed by atoms with E-state index in [0.29, 0.717) is 22.7 Å². The number of hydrogen-bond acceptors (Lipinski definition) is 6. The van der Waals surface area contributed by atoms with Crippen LogP contribution in [0.1, 0.15) is 44.0 Å². The average molecular weight is 398 g/mol. The first kappa shape index (κ1) is 19.8. The lowest BCUT2D eigenvalue weighted by Crippen LogP contribution is -2.15. The molecule has 0 spiro atoms. The number of aromatic nitrogens is 2. The van der Waals surface area contributed by atoms with Crippen molar-refractivity contribution in [3.05, 3.63) is 63.4 Å². The highest BCUT2D eigenvalue weighted by Crippen LogP contribution is 2.23. The molecule has 0 radical (unpaired) electrons. The van der Waals surface area contributed by atoms with Gasteiger partial charge in [0, 0.05) is 22.6 Å². The number of benzene rings is 1. The molecule has 0 bridgehead atoms. The van der Waals surface area contributed by atoms with Crippen molar-refractivity contribution in [1.82, 2.24) is 9.55 Å². The normalized spacial score (nSPS) is 10.7. The van der Waals surface area contributed by atoms with Crippen molar-refractivity contribution in [2.45, 2.75) is 27.7 Å². The Balaban J connectivity index is 1.76. The van der Waals surface area contributed by atoms with E-state index in [2.05, 4.69) is 4.98 Å². The first-order chi connectivity index (χ1) is 13.4. The van der Waals surface area contributed by atoms with Gasteiger partial charge >= 0.3 is 5.97 Å². The van der Waals surface area contributed by atoms with Crippen LogP contribution in [0.15, 0.2) is 35.8 Å².